The molecular weight excluding hydrogens is 250 g/mol. The van der Waals surface area contributed by atoms with Crippen LogP contribution in [0.4, 0.5) is 0 Å². The minimum Gasteiger partial charge on any atom is -0.293 e. The van der Waals surface area contributed by atoms with Gasteiger partial charge < -0.3 is 0 Å². The van der Waals surface area contributed by atoms with Crippen LogP contribution in [0.25, 0.3) is 0 Å². The maximum Gasteiger partial charge on any atom is 0.0240 e. The predicted octanol–water partition coefficient (Wildman–Crippen LogP) is 3.85. The Morgan fingerprint density at radius 1 is 1.47 bits per heavy atom. The molecule has 0 aromatic heterocycles. The van der Waals surface area contributed by atoms with Crippen LogP contribution in [0.15, 0.2) is 41.4 Å². The summed E-state index contributed by atoms with van der Waals surface area (Å²) in [4.78, 5) is 2.38. The van der Waals surface area contributed by atoms with Crippen LogP contribution >= 0.6 is 15.9 Å². The van der Waals surface area contributed by atoms with Gasteiger partial charge in [0, 0.05) is 23.6 Å². The maximum atomic E-state index is 3.79. The van der Waals surface area contributed by atoms with Crippen LogP contribution in [0.2, 0.25) is 0 Å². The average molecular weight is 268 g/mol. The fourth-order valence-electron chi connectivity index (χ4n) is 1.49. The van der Waals surface area contributed by atoms with E-state index in [1.54, 1.807) is 0 Å². The SMILES string of the molecule is C=CCN(Cc1cccc(Br)c1)C(C)C. The van der Waals surface area contributed by atoms with Gasteiger partial charge in [-0.2, -0.15) is 0 Å². The lowest BCUT2D eigenvalue weighted by atomic mass is 10.2. The molecule has 1 nitrogen and oxygen atoms in total. The molecule has 15 heavy (non-hydrogen) atoms. The van der Waals surface area contributed by atoms with Crippen molar-refractivity contribution in [3.8, 4) is 0 Å². The van der Waals surface area contributed by atoms with E-state index in [0.29, 0.717) is 6.04 Å². The molecule has 0 bridgehead atoms. The first-order valence-corrected chi connectivity index (χ1v) is 6.02. The first-order chi connectivity index (χ1) is 7.13. The smallest absolute Gasteiger partial charge is 0.0240 e. The Balaban J connectivity index is 2.69. The summed E-state index contributed by atoms with van der Waals surface area (Å²) in [6.45, 7) is 10.1. The lowest BCUT2D eigenvalue weighted by Crippen LogP contribution is -2.30. The number of rotatable bonds is 5. The van der Waals surface area contributed by atoms with E-state index in [1.807, 2.05) is 6.08 Å². The third kappa shape index (κ3) is 4.18. The van der Waals surface area contributed by atoms with Crippen LogP contribution in [-0.2, 0) is 6.54 Å². The van der Waals surface area contributed by atoms with Gasteiger partial charge in [0.2, 0.25) is 0 Å². The largest absolute Gasteiger partial charge is 0.293 e. The monoisotopic (exact) mass is 267 g/mol. The van der Waals surface area contributed by atoms with Crippen molar-refractivity contribution in [1.82, 2.24) is 4.90 Å². The van der Waals surface area contributed by atoms with Crippen LogP contribution in [0.1, 0.15) is 19.4 Å². The Kier molecular flexibility index (Phi) is 5.06. The van der Waals surface area contributed by atoms with Crippen molar-refractivity contribution in [2.24, 2.45) is 0 Å². The molecule has 0 amide bonds. The molecule has 0 fully saturated rings. The first-order valence-electron chi connectivity index (χ1n) is 5.23. The van der Waals surface area contributed by atoms with Crippen LogP contribution in [0.5, 0.6) is 0 Å². The molecule has 0 saturated carbocycles. The van der Waals surface area contributed by atoms with E-state index in [-0.39, 0.29) is 0 Å². The van der Waals surface area contributed by atoms with Crippen molar-refractivity contribution in [3.05, 3.63) is 47.0 Å². The van der Waals surface area contributed by atoms with E-state index in [1.165, 1.54) is 5.56 Å². The summed E-state index contributed by atoms with van der Waals surface area (Å²) in [6, 6.07) is 8.99. The molecule has 0 N–H and O–H groups in total. The molecule has 0 atom stereocenters. The van der Waals surface area contributed by atoms with Gasteiger partial charge in [0.15, 0.2) is 0 Å². The zero-order chi connectivity index (χ0) is 11.3. The van der Waals surface area contributed by atoms with Crippen molar-refractivity contribution in [2.45, 2.75) is 26.4 Å². The molecule has 1 rings (SSSR count). The second kappa shape index (κ2) is 6.09. The zero-order valence-electron chi connectivity index (χ0n) is 9.41. The van der Waals surface area contributed by atoms with Crippen molar-refractivity contribution in [1.29, 1.82) is 0 Å². The third-order valence-electron chi connectivity index (χ3n) is 2.37. The van der Waals surface area contributed by atoms with Crippen molar-refractivity contribution < 1.29 is 0 Å². The highest BCUT2D eigenvalue weighted by Crippen LogP contribution is 2.14. The quantitative estimate of drug-likeness (QED) is 0.733. The Morgan fingerprint density at radius 3 is 2.73 bits per heavy atom. The lowest BCUT2D eigenvalue weighted by Gasteiger charge is -2.25. The minimum absolute atomic E-state index is 0.544. The van der Waals surface area contributed by atoms with E-state index < -0.39 is 0 Å². The minimum atomic E-state index is 0.544. The molecule has 1 aromatic rings. The Hall–Kier alpha value is -0.600. The summed E-state index contributed by atoms with van der Waals surface area (Å²) in [5, 5.41) is 0. The van der Waals surface area contributed by atoms with Crippen LogP contribution < -0.4 is 0 Å². The Morgan fingerprint density at radius 2 is 2.20 bits per heavy atom. The standard InChI is InChI=1S/C13H18BrN/c1-4-8-15(11(2)3)10-12-6-5-7-13(14)9-12/h4-7,9,11H,1,8,10H2,2-3H3. The second-order valence-corrected chi connectivity index (χ2v) is 4.86. The van der Waals surface area contributed by atoms with Gasteiger partial charge >= 0.3 is 0 Å². The zero-order valence-corrected chi connectivity index (χ0v) is 11.0. The van der Waals surface area contributed by atoms with E-state index >= 15 is 0 Å². The first kappa shape index (κ1) is 12.5. The second-order valence-electron chi connectivity index (χ2n) is 3.94. The van der Waals surface area contributed by atoms with Gasteiger partial charge in [-0.05, 0) is 31.5 Å². The molecule has 0 aliphatic heterocycles. The highest BCUT2D eigenvalue weighted by atomic mass is 79.9. The summed E-state index contributed by atoms with van der Waals surface area (Å²) in [7, 11) is 0. The number of halogens is 1. The molecule has 82 valence electrons. The van der Waals surface area contributed by atoms with Gasteiger partial charge in [0.05, 0.1) is 0 Å². The molecular formula is C13H18BrN. The van der Waals surface area contributed by atoms with Gasteiger partial charge in [-0.25, -0.2) is 0 Å². The molecule has 0 radical (unpaired) electrons. The van der Waals surface area contributed by atoms with Crippen molar-refractivity contribution >= 4 is 15.9 Å². The summed E-state index contributed by atoms with van der Waals surface area (Å²) in [6.07, 6.45) is 1.96. The summed E-state index contributed by atoms with van der Waals surface area (Å²) < 4.78 is 1.14. The van der Waals surface area contributed by atoms with Gasteiger partial charge in [0.1, 0.15) is 0 Å². The Bertz CT molecular complexity index is 320. The average Bonchev–Trinajstić information content (AvgIpc) is 2.17. The molecule has 0 heterocycles. The van der Waals surface area contributed by atoms with Crippen LogP contribution in [0.3, 0.4) is 0 Å². The highest BCUT2D eigenvalue weighted by Gasteiger charge is 2.07. The van der Waals surface area contributed by atoms with E-state index in [2.05, 4.69) is 65.5 Å². The van der Waals surface area contributed by atoms with E-state index in [4.69, 9.17) is 0 Å². The van der Waals surface area contributed by atoms with E-state index in [9.17, 15) is 0 Å². The lowest BCUT2D eigenvalue weighted by molar-refractivity contribution is 0.237. The fourth-order valence-corrected chi connectivity index (χ4v) is 1.94. The normalized spacial score (nSPS) is 11.0. The number of nitrogens with zero attached hydrogens (tertiary/aromatic N) is 1. The van der Waals surface area contributed by atoms with Gasteiger partial charge in [0.25, 0.3) is 0 Å². The molecule has 1 aromatic carbocycles. The van der Waals surface area contributed by atoms with Gasteiger partial charge in [-0.15, -0.1) is 6.58 Å². The number of benzene rings is 1. The number of hydrogen-bond acceptors (Lipinski definition) is 1. The fraction of sp³-hybridized carbons (Fsp3) is 0.385. The van der Waals surface area contributed by atoms with E-state index in [0.717, 1.165) is 17.6 Å². The Labute approximate surface area is 101 Å². The van der Waals surface area contributed by atoms with Crippen LogP contribution in [-0.4, -0.2) is 17.5 Å². The third-order valence-corrected chi connectivity index (χ3v) is 2.86. The maximum absolute atomic E-state index is 3.79. The summed E-state index contributed by atoms with van der Waals surface area (Å²) in [5.74, 6) is 0. The van der Waals surface area contributed by atoms with Crippen LogP contribution in [0, 0.1) is 0 Å². The molecule has 0 unspecified atom stereocenters. The van der Waals surface area contributed by atoms with Crippen molar-refractivity contribution in [2.75, 3.05) is 6.54 Å². The highest BCUT2D eigenvalue weighted by molar-refractivity contribution is 9.10. The van der Waals surface area contributed by atoms with Gasteiger partial charge in [-0.3, -0.25) is 4.90 Å². The predicted molar refractivity (Wildman–Crippen MR) is 69.9 cm³/mol. The summed E-state index contributed by atoms with van der Waals surface area (Å²) in [5.41, 5.74) is 1.33. The molecule has 0 saturated heterocycles. The molecule has 0 aliphatic rings. The molecule has 0 spiro atoms. The van der Waals surface area contributed by atoms with Crippen molar-refractivity contribution in [3.63, 3.8) is 0 Å². The number of hydrogen-bond donors (Lipinski definition) is 0. The molecule has 2 heteroatoms. The topological polar surface area (TPSA) is 3.24 Å². The molecule has 0 aliphatic carbocycles. The summed E-state index contributed by atoms with van der Waals surface area (Å²) >= 11 is 3.49. The van der Waals surface area contributed by atoms with Gasteiger partial charge in [-0.1, -0.05) is 34.1 Å².